The van der Waals surface area contributed by atoms with Gasteiger partial charge in [0.25, 0.3) is 0 Å². The fraction of sp³-hybridized carbons (Fsp3) is 0.0714. The maximum absolute atomic E-state index is 6.05. The fourth-order valence-electron chi connectivity index (χ4n) is 3.67. The van der Waals surface area contributed by atoms with Crippen molar-refractivity contribution in [1.29, 1.82) is 0 Å². The molecule has 2 heterocycles. The van der Waals surface area contributed by atoms with Crippen LogP contribution in [0.1, 0.15) is 16.8 Å². The molecule has 162 valence electrons. The van der Waals surface area contributed by atoms with Crippen LogP contribution >= 0.6 is 11.6 Å². The van der Waals surface area contributed by atoms with Gasteiger partial charge in [-0.1, -0.05) is 60.1 Å². The topological polar surface area (TPSA) is 39.9 Å². The smallest absolute Gasteiger partial charge is 0.130 e. The molecular formula is C28H22ClN3O. The maximum Gasteiger partial charge on any atom is 0.130 e. The number of para-hydroxylation sites is 1. The number of halogens is 1. The quantitative estimate of drug-likeness (QED) is 0.252. The third kappa shape index (κ3) is 5.30. The molecule has 5 heteroatoms. The molecule has 3 aromatic carbocycles. The summed E-state index contributed by atoms with van der Waals surface area (Å²) in [5.74, 6) is 0.808. The van der Waals surface area contributed by atoms with Gasteiger partial charge in [0.15, 0.2) is 0 Å². The first kappa shape index (κ1) is 21.0. The molecule has 0 aliphatic heterocycles. The minimum atomic E-state index is 0.423. The minimum Gasteiger partial charge on any atom is -0.487 e. The van der Waals surface area contributed by atoms with Crippen LogP contribution in [0.25, 0.3) is 22.6 Å². The number of allylic oxidation sites excluding steroid dienone is 1. The first-order chi connectivity index (χ1) is 16.2. The highest BCUT2D eigenvalue weighted by Gasteiger charge is 2.06. The van der Waals surface area contributed by atoms with E-state index in [4.69, 9.17) is 16.3 Å². The summed E-state index contributed by atoms with van der Waals surface area (Å²) in [7, 11) is 0. The molecule has 2 aromatic heterocycles. The summed E-state index contributed by atoms with van der Waals surface area (Å²) < 4.78 is 8.05. The molecule has 0 radical (unpaired) electrons. The van der Waals surface area contributed by atoms with Crippen LogP contribution in [0.3, 0.4) is 0 Å². The van der Waals surface area contributed by atoms with Gasteiger partial charge in [-0.15, -0.1) is 0 Å². The molecule has 0 saturated carbocycles. The maximum atomic E-state index is 6.05. The molecule has 0 atom stereocenters. The van der Waals surface area contributed by atoms with Crippen molar-refractivity contribution in [3.05, 3.63) is 125 Å². The van der Waals surface area contributed by atoms with Gasteiger partial charge in [0.1, 0.15) is 12.4 Å². The van der Waals surface area contributed by atoms with E-state index in [2.05, 4.69) is 44.9 Å². The Hall–Kier alpha value is -3.89. The third-order valence-electron chi connectivity index (χ3n) is 5.39. The van der Waals surface area contributed by atoms with E-state index in [0.717, 1.165) is 44.1 Å². The predicted octanol–water partition coefficient (Wildman–Crippen LogP) is 6.90. The standard InChI is InChI=1S/C28H22ClN3O/c29-25-10-5-21(6-11-25)17-24(18-32-16-15-30-20-32)22-8-13-27(14-9-22)33-19-26-12-7-23-3-1-2-4-28(23)31-26/h1-17,20H,18-19H2/b24-17-. The number of aromatic nitrogens is 3. The van der Waals surface area contributed by atoms with Crippen LogP contribution in [0.4, 0.5) is 0 Å². The summed E-state index contributed by atoms with van der Waals surface area (Å²) in [6, 6.07) is 28.2. The van der Waals surface area contributed by atoms with Crippen LogP contribution in [0.15, 0.2) is 104 Å². The molecule has 4 nitrogen and oxygen atoms in total. The Morgan fingerprint density at radius 3 is 2.52 bits per heavy atom. The molecule has 33 heavy (non-hydrogen) atoms. The highest BCUT2D eigenvalue weighted by atomic mass is 35.5. The van der Waals surface area contributed by atoms with Crippen molar-refractivity contribution < 1.29 is 4.74 Å². The largest absolute Gasteiger partial charge is 0.487 e. The van der Waals surface area contributed by atoms with Crippen LogP contribution in [0.5, 0.6) is 5.75 Å². The number of ether oxygens (including phenoxy) is 1. The van der Waals surface area contributed by atoms with E-state index in [1.165, 1.54) is 0 Å². The lowest BCUT2D eigenvalue weighted by Gasteiger charge is -2.11. The Labute approximate surface area is 197 Å². The average molecular weight is 452 g/mol. The first-order valence-corrected chi connectivity index (χ1v) is 11.1. The fourth-order valence-corrected chi connectivity index (χ4v) is 3.79. The number of fused-ring (bicyclic) bond motifs is 1. The van der Waals surface area contributed by atoms with E-state index in [1.54, 1.807) is 6.20 Å². The third-order valence-corrected chi connectivity index (χ3v) is 5.64. The molecule has 0 unspecified atom stereocenters. The Morgan fingerprint density at radius 2 is 1.73 bits per heavy atom. The van der Waals surface area contributed by atoms with Gasteiger partial charge < -0.3 is 9.30 Å². The summed E-state index contributed by atoms with van der Waals surface area (Å²) >= 11 is 6.05. The summed E-state index contributed by atoms with van der Waals surface area (Å²) in [5, 5.41) is 1.86. The molecular weight excluding hydrogens is 430 g/mol. The lowest BCUT2D eigenvalue weighted by molar-refractivity contribution is 0.302. The van der Waals surface area contributed by atoms with Gasteiger partial charge >= 0.3 is 0 Å². The molecule has 0 bridgehead atoms. The van der Waals surface area contributed by atoms with E-state index in [1.807, 2.05) is 73.2 Å². The zero-order valence-electron chi connectivity index (χ0n) is 17.9. The summed E-state index contributed by atoms with van der Waals surface area (Å²) in [5.41, 5.74) is 5.26. The van der Waals surface area contributed by atoms with Crippen LogP contribution in [0, 0.1) is 0 Å². The van der Waals surface area contributed by atoms with Crippen molar-refractivity contribution in [2.45, 2.75) is 13.2 Å². The van der Waals surface area contributed by atoms with Crippen molar-refractivity contribution in [3.8, 4) is 5.75 Å². The van der Waals surface area contributed by atoms with Crippen molar-refractivity contribution in [1.82, 2.24) is 14.5 Å². The zero-order chi connectivity index (χ0) is 22.5. The highest BCUT2D eigenvalue weighted by molar-refractivity contribution is 6.30. The second-order valence-electron chi connectivity index (χ2n) is 7.76. The van der Waals surface area contributed by atoms with Gasteiger partial charge in [0.05, 0.1) is 17.5 Å². The van der Waals surface area contributed by atoms with Gasteiger partial charge in [0.2, 0.25) is 0 Å². The van der Waals surface area contributed by atoms with E-state index < -0.39 is 0 Å². The van der Waals surface area contributed by atoms with E-state index in [-0.39, 0.29) is 0 Å². The Bertz CT molecular complexity index is 1380. The van der Waals surface area contributed by atoms with Gasteiger partial charge in [-0.05, 0) is 59.2 Å². The van der Waals surface area contributed by atoms with Gasteiger partial charge in [0, 0.05) is 29.3 Å². The van der Waals surface area contributed by atoms with Crippen LogP contribution < -0.4 is 4.74 Å². The summed E-state index contributed by atoms with van der Waals surface area (Å²) in [4.78, 5) is 8.84. The number of rotatable bonds is 7. The molecule has 0 amide bonds. The predicted molar refractivity (Wildman–Crippen MR) is 134 cm³/mol. The monoisotopic (exact) mass is 451 g/mol. The van der Waals surface area contributed by atoms with Crippen LogP contribution in [-0.2, 0) is 13.2 Å². The molecule has 0 fully saturated rings. The number of nitrogens with zero attached hydrogens (tertiary/aromatic N) is 3. The van der Waals surface area contributed by atoms with Crippen LogP contribution in [-0.4, -0.2) is 14.5 Å². The molecule has 0 spiro atoms. The van der Waals surface area contributed by atoms with Crippen molar-refractivity contribution in [2.75, 3.05) is 0 Å². The molecule has 0 aliphatic rings. The average Bonchev–Trinajstić information content (AvgIpc) is 3.37. The van der Waals surface area contributed by atoms with Crippen molar-refractivity contribution >= 4 is 34.2 Å². The van der Waals surface area contributed by atoms with Gasteiger partial charge in [-0.2, -0.15) is 0 Å². The normalized spacial score (nSPS) is 11.6. The molecule has 0 aliphatic carbocycles. The summed E-state index contributed by atoms with van der Waals surface area (Å²) in [6.07, 6.45) is 7.75. The molecule has 5 rings (SSSR count). The zero-order valence-corrected chi connectivity index (χ0v) is 18.7. The Balaban J connectivity index is 1.34. The first-order valence-electron chi connectivity index (χ1n) is 10.7. The van der Waals surface area contributed by atoms with Crippen molar-refractivity contribution in [2.24, 2.45) is 0 Å². The molecule has 0 saturated heterocycles. The molecule has 5 aromatic rings. The minimum absolute atomic E-state index is 0.423. The second kappa shape index (κ2) is 9.72. The summed E-state index contributed by atoms with van der Waals surface area (Å²) in [6.45, 7) is 1.14. The highest BCUT2D eigenvalue weighted by Crippen LogP contribution is 2.24. The van der Waals surface area contributed by atoms with Gasteiger partial charge in [-0.3, -0.25) is 0 Å². The van der Waals surface area contributed by atoms with E-state index >= 15 is 0 Å². The number of benzene rings is 3. The van der Waals surface area contributed by atoms with E-state index in [0.29, 0.717) is 13.2 Å². The number of hydrogen-bond acceptors (Lipinski definition) is 3. The van der Waals surface area contributed by atoms with E-state index in [9.17, 15) is 0 Å². The number of hydrogen-bond donors (Lipinski definition) is 0. The lowest BCUT2D eigenvalue weighted by atomic mass is 10.0. The number of imidazole rings is 1. The molecule has 0 N–H and O–H groups in total. The SMILES string of the molecule is Clc1ccc(/C=C(/Cn2ccnc2)c2ccc(OCc3ccc4ccccc4n3)cc2)cc1. The van der Waals surface area contributed by atoms with Crippen LogP contribution in [0.2, 0.25) is 5.02 Å². The number of pyridine rings is 1. The second-order valence-corrected chi connectivity index (χ2v) is 8.20. The Kier molecular flexibility index (Phi) is 6.18. The van der Waals surface area contributed by atoms with Gasteiger partial charge in [-0.25, -0.2) is 9.97 Å². The Morgan fingerprint density at radius 1 is 0.909 bits per heavy atom. The lowest BCUT2D eigenvalue weighted by Crippen LogP contribution is -2.00. The van der Waals surface area contributed by atoms with Crippen molar-refractivity contribution in [3.63, 3.8) is 0 Å².